The van der Waals surface area contributed by atoms with Crippen LogP contribution in [0, 0.1) is 5.92 Å². The maximum Gasteiger partial charge on any atom is 0.433 e. The molecule has 7 heteroatoms. The number of anilines is 1. The van der Waals surface area contributed by atoms with Crippen LogP contribution in [0.15, 0.2) is 12.3 Å². The van der Waals surface area contributed by atoms with Gasteiger partial charge in [-0.25, -0.2) is 9.97 Å². The molecule has 2 heterocycles. The second-order valence-electron chi connectivity index (χ2n) is 5.04. The first-order valence-electron chi connectivity index (χ1n) is 6.21. The average Bonchev–Trinajstić information content (AvgIpc) is 2.32. The zero-order valence-corrected chi connectivity index (χ0v) is 10.9. The third kappa shape index (κ3) is 3.56. The molecule has 0 radical (unpaired) electrons. The predicted octanol–water partition coefficient (Wildman–Crippen LogP) is 2.25. The van der Waals surface area contributed by atoms with Gasteiger partial charge < -0.3 is 10.2 Å². The van der Waals surface area contributed by atoms with Gasteiger partial charge in [0.1, 0.15) is 5.69 Å². The van der Waals surface area contributed by atoms with Crippen molar-refractivity contribution in [3.63, 3.8) is 0 Å². The van der Waals surface area contributed by atoms with Crippen molar-refractivity contribution >= 4 is 5.95 Å². The number of halogens is 3. The van der Waals surface area contributed by atoms with Crippen LogP contribution in [0.5, 0.6) is 0 Å². The van der Waals surface area contributed by atoms with Crippen molar-refractivity contribution < 1.29 is 13.2 Å². The molecule has 0 aromatic carbocycles. The first-order chi connectivity index (χ1) is 8.86. The molecule has 1 fully saturated rings. The van der Waals surface area contributed by atoms with Crippen molar-refractivity contribution in [3.05, 3.63) is 18.0 Å². The van der Waals surface area contributed by atoms with Crippen LogP contribution < -0.4 is 5.32 Å². The molecule has 4 nitrogen and oxygen atoms in total. The highest BCUT2D eigenvalue weighted by Gasteiger charge is 2.33. The number of rotatable bonds is 2. The molecule has 2 unspecified atom stereocenters. The minimum atomic E-state index is -4.43. The summed E-state index contributed by atoms with van der Waals surface area (Å²) in [5, 5.41) is 3.01. The predicted molar refractivity (Wildman–Crippen MR) is 65.7 cm³/mol. The molecule has 0 bridgehead atoms. The lowest BCUT2D eigenvalue weighted by molar-refractivity contribution is -0.141. The molecule has 1 saturated heterocycles. The maximum atomic E-state index is 12.5. The van der Waals surface area contributed by atoms with Crippen molar-refractivity contribution in [2.24, 2.45) is 5.92 Å². The molecule has 106 valence electrons. The fraction of sp³-hybridized carbons (Fsp3) is 0.667. The highest BCUT2D eigenvalue weighted by Crippen LogP contribution is 2.28. The molecule has 1 aliphatic heterocycles. The minimum Gasteiger partial charge on any atom is -0.351 e. The zero-order chi connectivity index (χ0) is 14.0. The number of hydrogen-bond donors (Lipinski definition) is 1. The molecule has 2 rings (SSSR count). The number of hydrogen-bond acceptors (Lipinski definition) is 4. The quantitative estimate of drug-likeness (QED) is 0.898. The summed E-state index contributed by atoms with van der Waals surface area (Å²) in [7, 11) is 2.04. The summed E-state index contributed by atoms with van der Waals surface area (Å²) >= 11 is 0. The molecule has 19 heavy (non-hydrogen) atoms. The molecule has 0 spiro atoms. The Bertz CT molecular complexity index is 435. The summed E-state index contributed by atoms with van der Waals surface area (Å²) in [6.45, 7) is 3.90. The largest absolute Gasteiger partial charge is 0.433 e. The van der Waals surface area contributed by atoms with Crippen molar-refractivity contribution in [2.45, 2.75) is 25.6 Å². The summed E-state index contributed by atoms with van der Waals surface area (Å²) in [6.07, 6.45) is -2.42. The molecule has 0 saturated carbocycles. The number of nitrogens with one attached hydrogen (secondary N) is 1. The van der Waals surface area contributed by atoms with Gasteiger partial charge in [-0.15, -0.1) is 0 Å². The molecule has 0 amide bonds. The Kier molecular flexibility index (Phi) is 3.93. The van der Waals surface area contributed by atoms with E-state index in [2.05, 4.69) is 27.1 Å². The van der Waals surface area contributed by atoms with Gasteiger partial charge in [-0.05, 0) is 32.0 Å². The fourth-order valence-electron chi connectivity index (χ4n) is 2.32. The first kappa shape index (κ1) is 14.0. The summed E-state index contributed by atoms with van der Waals surface area (Å²) in [6, 6.07) is 0.989. The van der Waals surface area contributed by atoms with Gasteiger partial charge in [-0.3, -0.25) is 0 Å². The maximum absolute atomic E-state index is 12.5. The molecule has 0 aliphatic carbocycles. The Morgan fingerprint density at radius 3 is 2.79 bits per heavy atom. The van der Waals surface area contributed by atoms with Crippen LogP contribution in [-0.4, -0.2) is 41.0 Å². The van der Waals surface area contributed by atoms with Crippen LogP contribution in [0.2, 0.25) is 0 Å². The Balaban J connectivity index is 2.07. The topological polar surface area (TPSA) is 41.0 Å². The normalized spacial score (nSPS) is 25.3. The third-order valence-electron chi connectivity index (χ3n) is 3.37. The fourth-order valence-corrected chi connectivity index (χ4v) is 2.32. The van der Waals surface area contributed by atoms with E-state index in [0.29, 0.717) is 5.92 Å². The van der Waals surface area contributed by atoms with Gasteiger partial charge in [-0.2, -0.15) is 13.2 Å². The van der Waals surface area contributed by atoms with Gasteiger partial charge in [-0.1, -0.05) is 6.92 Å². The van der Waals surface area contributed by atoms with Gasteiger partial charge in [0, 0.05) is 18.8 Å². The van der Waals surface area contributed by atoms with E-state index in [0.717, 1.165) is 31.8 Å². The molecule has 1 N–H and O–H groups in total. The Morgan fingerprint density at radius 2 is 2.16 bits per heavy atom. The van der Waals surface area contributed by atoms with E-state index in [1.807, 2.05) is 7.05 Å². The molecule has 1 aliphatic rings. The molecular weight excluding hydrogens is 257 g/mol. The number of piperidine rings is 1. The third-order valence-corrected chi connectivity index (χ3v) is 3.37. The standard InChI is InChI=1S/C12H17F3N4/c1-8-7-19(2)6-4-9(8)17-11-16-5-3-10(18-11)12(13,14)15/h3,5,8-9H,4,6-7H2,1-2H3,(H,16,17,18). The van der Waals surface area contributed by atoms with Crippen LogP contribution in [0.3, 0.4) is 0 Å². The van der Waals surface area contributed by atoms with E-state index in [9.17, 15) is 13.2 Å². The smallest absolute Gasteiger partial charge is 0.351 e. The molecular formula is C12H17F3N4. The number of nitrogens with zero attached hydrogens (tertiary/aromatic N) is 3. The van der Waals surface area contributed by atoms with Gasteiger partial charge >= 0.3 is 6.18 Å². The lowest BCUT2D eigenvalue weighted by atomic mass is 9.94. The summed E-state index contributed by atoms with van der Waals surface area (Å²) in [5.74, 6) is 0.396. The Labute approximate surface area is 110 Å². The Morgan fingerprint density at radius 1 is 1.42 bits per heavy atom. The van der Waals surface area contributed by atoms with Gasteiger partial charge in [0.15, 0.2) is 0 Å². The van der Waals surface area contributed by atoms with E-state index in [1.165, 1.54) is 0 Å². The summed E-state index contributed by atoms with van der Waals surface area (Å²) in [4.78, 5) is 9.60. The van der Waals surface area contributed by atoms with Crippen molar-refractivity contribution in [2.75, 3.05) is 25.5 Å². The van der Waals surface area contributed by atoms with Crippen LogP contribution in [-0.2, 0) is 6.18 Å². The van der Waals surface area contributed by atoms with Crippen LogP contribution >= 0.6 is 0 Å². The monoisotopic (exact) mass is 274 g/mol. The van der Waals surface area contributed by atoms with Gasteiger partial charge in [0.2, 0.25) is 5.95 Å². The zero-order valence-electron chi connectivity index (χ0n) is 10.9. The second-order valence-corrected chi connectivity index (χ2v) is 5.04. The second kappa shape index (κ2) is 5.32. The van der Waals surface area contributed by atoms with E-state index < -0.39 is 11.9 Å². The number of alkyl halides is 3. The van der Waals surface area contributed by atoms with Crippen molar-refractivity contribution in [3.8, 4) is 0 Å². The molecule has 1 aromatic rings. The van der Waals surface area contributed by atoms with E-state index in [-0.39, 0.29) is 12.0 Å². The minimum absolute atomic E-state index is 0.0521. The molecule has 2 atom stereocenters. The Hall–Kier alpha value is -1.37. The highest BCUT2D eigenvalue weighted by molar-refractivity contribution is 5.28. The van der Waals surface area contributed by atoms with Crippen LogP contribution in [0.1, 0.15) is 19.0 Å². The van der Waals surface area contributed by atoms with Crippen LogP contribution in [0.25, 0.3) is 0 Å². The summed E-state index contributed by atoms with van der Waals surface area (Å²) < 4.78 is 37.6. The molecule has 1 aromatic heterocycles. The summed E-state index contributed by atoms with van der Waals surface area (Å²) in [5.41, 5.74) is -0.911. The van der Waals surface area contributed by atoms with E-state index in [1.54, 1.807) is 0 Å². The number of aromatic nitrogens is 2. The van der Waals surface area contributed by atoms with E-state index >= 15 is 0 Å². The first-order valence-corrected chi connectivity index (χ1v) is 6.21. The van der Waals surface area contributed by atoms with Crippen molar-refractivity contribution in [1.82, 2.24) is 14.9 Å². The average molecular weight is 274 g/mol. The van der Waals surface area contributed by atoms with E-state index in [4.69, 9.17) is 0 Å². The lowest BCUT2D eigenvalue weighted by Crippen LogP contribution is -2.43. The lowest BCUT2D eigenvalue weighted by Gasteiger charge is -2.35. The van der Waals surface area contributed by atoms with Gasteiger partial charge in [0.25, 0.3) is 0 Å². The van der Waals surface area contributed by atoms with Crippen molar-refractivity contribution in [1.29, 1.82) is 0 Å². The SMILES string of the molecule is CC1CN(C)CCC1Nc1nccc(C(F)(F)F)n1. The van der Waals surface area contributed by atoms with Crippen LogP contribution in [0.4, 0.5) is 19.1 Å². The number of likely N-dealkylation sites (tertiary alicyclic amines) is 1. The van der Waals surface area contributed by atoms with Gasteiger partial charge in [0.05, 0.1) is 0 Å². The highest BCUT2D eigenvalue weighted by atomic mass is 19.4.